The summed E-state index contributed by atoms with van der Waals surface area (Å²) in [6, 6.07) is 12.3. The second-order valence-electron chi connectivity index (χ2n) is 16.7. The number of aliphatic imine (C=N–C) groups is 1. The zero-order valence-electron chi connectivity index (χ0n) is 34.7. The minimum Gasteiger partial charge on any atom is -0.504 e. The highest BCUT2D eigenvalue weighted by atomic mass is 16.5. The summed E-state index contributed by atoms with van der Waals surface area (Å²) in [6.07, 6.45) is 11.2. The van der Waals surface area contributed by atoms with Crippen molar-refractivity contribution in [2.45, 2.75) is 96.7 Å². The molecule has 5 rings (SSSR count). The first-order chi connectivity index (χ1) is 27.4. The van der Waals surface area contributed by atoms with Gasteiger partial charge in [-0.3, -0.25) is 20.4 Å². The van der Waals surface area contributed by atoms with Crippen LogP contribution in [-0.2, 0) is 22.4 Å². The van der Waals surface area contributed by atoms with Gasteiger partial charge in [-0.2, -0.15) is 0 Å². The number of aromatic hydroxyl groups is 2. The minimum atomic E-state index is -0.652. The number of likely N-dealkylation sites (N-methyl/N-ethyl adjacent to an activating group) is 1. The summed E-state index contributed by atoms with van der Waals surface area (Å²) in [7, 11) is 5.11. The number of phenolic OH excluding ortho intramolecular Hbond substituents is 2. The van der Waals surface area contributed by atoms with E-state index in [1.165, 1.54) is 7.11 Å². The van der Waals surface area contributed by atoms with Gasteiger partial charge in [0.2, 0.25) is 5.96 Å². The third kappa shape index (κ3) is 11.4. The van der Waals surface area contributed by atoms with E-state index in [0.717, 1.165) is 56.1 Å². The van der Waals surface area contributed by atoms with Crippen LogP contribution in [0.1, 0.15) is 83.3 Å². The number of aliphatic hydroxyl groups is 1. The van der Waals surface area contributed by atoms with Gasteiger partial charge in [-0.25, -0.2) is 0 Å². The molecule has 12 nitrogen and oxygen atoms in total. The van der Waals surface area contributed by atoms with Gasteiger partial charge in [0.1, 0.15) is 5.60 Å². The molecule has 12 heteroatoms. The molecule has 3 aliphatic rings. The smallest absolute Gasteiger partial charge is 0.207 e. The van der Waals surface area contributed by atoms with Gasteiger partial charge in [-0.15, -0.1) is 0 Å². The van der Waals surface area contributed by atoms with E-state index in [1.54, 1.807) is 20.0 Å². The fourth-order valence-electron chi connectivity index (χ4n) is 8.91. The molecule has 2 fully saturated rings. The van der Waals surface area contributed by atoms with Gasteiger partial charge in [0, 0.05) is 44.6 Å². The molecule has 0 unspecified atom stereocenters. The molecule has 2 aliphatic carbocycles. The number of rotatable bonds is 15. The van der Waals surface area contributed by atoms with E-state index in [1.807, 2.05) is 37.4 Å². The Labute approximate surface area is 339 Å². The molecule has 0 amide bonds. The number of benzene rings is 2. The highest BCUT2D eigenvalue weighted by Crippen LogP contribution is 2.49. The van der Waals surface area contributed by atoms with Crippen LogP contribution in [0.2, 0.25) is 0 Å². The summed E-state index contributed by atoms with van der Waals surface area (Å²) < 4.78 is 18.1. The fraction of sp³-hybridized carbons (Fsp3) is 0.600. The van der Waals surface area contributed by atoms with E-state index in [0.29, 0.717) is 74.8 Å². The predicted molar refractivity (Wildman–Crippen MR) is 225 cm³/mol. The Kier molecular flexibility index (Phi) is 15.7. The molecular formula is C45H65N5O7. The number of nitrogens with zero attached hydrogens (tertiary/aromatic N) is 1. The summed E-state index contributed by atoms with van der Waals surface area (Å²) in [6.45, 7) is 8.18. The predicted octanol–water partition coefficient (Wildman–Crippen LogP) is 5.90. The number of phenols is 2. The molecule has 0 aromatic heterocycles. The summed E-state index contributed by atoms with van der Waals surface area (Å²) in [5.74, 6) is 5.28. The van der Waals surface area contributed by atoms with E-state index < -0.39 is 17.1 Å². The van der Waals surface area contributed by atoms with Gasteiger partial charge in [0.25, 0.3) is 0 Å². The average molecular weight is 788 g/mol. The van der Waals surface area contributed by atoms with E-state index in [4.69, 9.17) is 14.2 Å². The number of guanidine groups is 1. The lowest BCUT2D eigenvalue weighted by molar-refractivity contribution is -0.125. The lowest BCUT2D eigenvalue weighted by Crippen LogP contribution is -2.42. The van der Waals surface area contributed by atoms with Crippen LogP contribution in [0.3, 0.4) is 0 Å². The number of allylic oxidation sites excluding steroid dienone is 2. The van der Waals surface area contributed by atoms with Gasteiger partial charge in [0.15, 0.2) is 28.8 Å². The SMILES string of the molecule is CN=C1NC#CC[C@H]2CCC[C@@]2(Cc2ccc(O)c(OC)c2)C(=O)/C=C/[C@H](C(C)C)Cc2cc(c(O)c(O[C@]3(CNC)CC[C@H](CCOCNC[C@H](C)O)C3)c2)N1. The third-order valence-corrected chi connectivity index (χ3v) is 12.1. The lowest BCUT2D eigenvalue weighted by atomic mass is 9.68. The Hall–Kier alpha value is -4.28. The molecule has 2 bridgehead atoms. The maximum Gasteiger partial charge on any atom is 0.207 e. The number of ether oxygens (including phenoxy) is 3. The first-order valence-electron chi connectivity index (χ1n) is 20.6. The Balaban J connectivity index is 1.44. The molecule has 0 saturated heterocycles. The number of fused-ring (bicyclic) bond motifs is 3. The van der Waals surface area contributed by atoms with E-state index in [9.17, 15) is 20.1 Å². The maximum absolute atomic E-state index is 14.6. The molecule has 2 aromatic rings. The molecule has 1 heterocycles. The van der Waals surface area contributed by atoms with Crippen molar-refractivity contribution >= 4 is 17.4 Å². The Morgan fingerprint density at radius 3 is 2.67 bits per heavy atom. The monoisotopic (exact) mass is 787 g/mol. The van der Waals surface area contributed by atoms with Gasteiger partial charge in [-0.1, -0.05) is 38.3 Å². The quantitative estimate of drug-likeness (QED) is 0.0498. The Bertz CT molecular complexity index is 1780. The first-order valence-corrected chi connectivity index (χ1v) is 20.6. The molecule has 0 radical (unpaired) electrons. The van der Waals surface area contributed by atoms with Crippen LogP contribution in [-0.4, -0.2) is 86.4 Å². The van der Waals surface area contributed by atoms with Crippen molar-refractivity contribution in [1.29, 1.82) is 0 Å². The largest absolute Gasteiger partial charge is 0.504 e. The average Bonchev–Trinajstić information content (AvgIpc) is 3.78. The molecule has 1 aliphatic heterocycles. The number of aliphatic hydroxyl groups excluding tert-OH is 1. The highest BCUT2D eigenvalue weighted by molar-refractivity contribution is 5.97. The van der Waals surface area contributed by atoms with Crippen LogP contribution in [0, 0.1) is 41.1 Å². The van der Waals surface area contributed by atoms with Gasteiger partial charge in [0.05, 0.1) is 25.6 Å². The zero-order chi connectivity index (χ0) is 41.0. The number of ketones is 1. The molecule has 2 saturated carbocycles. The summed E-state index contributed by atoms with van der Waals surface area (Å²) in [5, 5.41) is 44.4. The number of methoxy groups -OCH3 is 1. The van der Waals surface area contributed by atoms with Crippen molar-refractivity contribution in [3.63, 3.8) is 0 Å². The van der Waals surface area contributed by atoms with E-state index in [2.05, 4.69) is 58.1 Å². The molecule has 0 spiro atoms. The Morgan fingerprint density at radius 1 is 1.11 bits per heavy atom. The van der Waals surface area contributed by atoms with E-state index >= 15 is 0 Å². The highest BCUT2D eigenvalue weighted by Gasteiger charge is 2.47. The third-order valence-electron chi connectivity index (χ3n) is 12.1. The fourth-order valence-corrected chi connectivity index (χ4v) is 8.91. The lowest BCUT2D eigenvalue weighted by Gasteiger charge is -2.33. The van der Waals surface area contributed by atoms with Crippen LogP contribution >= 0.6 is 0 Å². The second-order valence-corrected chi connectivity index (χ2v) is 16.7. The summed E-state index contributed by atoms with van der Waals surface area (Å²) in [5.41, 5.74) is 1.16. The molecule has 312 valence electrons. The number of anilines is 1. The number of nitrogens with one attached hydrogen (secondary N) is 4. The number of hydrogen-bond acceptors (Lipinski definition) is 10. The van der Waals surface area contributed by atoms with Crippen LogP contribution < -0.4 is 30.7 Å². The van der Waals surface area contributed by atoms with Crippen molar-refractivity contribution in [2.24, 2.45) is 34.1 Å². The van der Waals surface area contributed by atoms with Crippen molar-refractivity contribution in [3.8, 4) is 35.0 Å². The standard InChI is InChI=1S/C45H65N5O7/c1-30(2)35-12-14-41(53)45(26-33-11-13-38(52)39(23-33)55-6)17-7-9-36(45)10-8-19-49-43(47-5)50-37-22-34(21-35)24-40(42(37)54)57-44(28-46-4)18-15-32(25-44)16-20-56-29-48-27-31(3)51/h11-14,22-24,30-32,35-36,46,48,51-52,54H,7,9-10,15-18,20-21,25-29H2,1-6H3,(H2,47,49,50)/b14-12+/t31-,32+,35-,36+,44+,45-/m0/s1. The maximum atomic E-state index is 14.6. The summed E-state index contributed by atoms with van der Waals surface area (Å²) >= 11 is 0. The first kappa shape index (κ1) is 43.8. The molecule has 57 heavy (non-hydrogen) atoms. The van der Waals surface area contributed by atoms with Gasteiger partial charge < -0.3 is 40.2 Å². The van der Waals surface area contributed by atoms with Crippen molar-refractivity contribution < 1.29 is 34.3 Å². The number of carbonyl (C=O) groups is 1. The van der Waals surface area contributed by atoms with Gasteiger partial charge >= 0.3 is 0 Å². The molecule has 6 atom stereocenters. The minimum absolute atomic E-state index is 0.00404. The van der Waals surface area contributed by atoms with Crippen molar-refractivity contribution in [2.75, 3.05) is 52.9 Å². The topological polar surface area (TPSA) is 166 Å². The zero-order valence-corrected chi connectivity index (χ0v) is 34.7. The van der Waals surface area contributed by atoms with Crippen LogP contribution in [0.25, 0.3) is 0 Å². The van der Waals surface area contributed by atoms with E-state index in [-0.39, 0.29) is 35.0 Å². The van der Waals surface area contributed by atoms with Crippen LogP contribution in [0.4, 0.5) is 5.69 Å². The Morgan fingerprint density at radius 2 is 1.93 bits per heavy atom. The number of carbonyl (C=O) groups excluding carboxylic acids is 1. The second kappa shape index (κ2) is 20.4. The van der Waals surface area contributed by atoms with Gasteiger partial charge in [-0.05, 0) is 130 Å². The van der Waals surface area contributed by atoms with Crippen LogP contribution in [0.15, 0.2) is 47.5 Å². The number of hydrogen-bond donors (Lipinski definition) is 7. The molecule has 7 N–H and O–H groups in total. The van der Waals surface area contributed by atoms with Crippen molar-refractivity contribution in [1.82, 2.24) is 16.0 Å². The molecule has 2 aromatic carbocycles. The van der Waals surface area contributed by atoms with Crippen molar-refractivity contribution in [3.05, 3.63) is 53.6 Å². The molecular weight excluding hydrogens is 723 g/mol. The normalized spacial score (nSPS) is 26.9. The summed E-state index contributed by atoms with van der Waals surface area (Å²) in [4.78, 5) is 19.0. The van der Waals surface area contributed by atoms with Crippen LogP contribution in [0.5, 0.6) is 23.0 Å².